The monoisotopic (exact) mass is 461 g/mol. The smallest absolute Gasteiger partial charge is 0.407 e. The molecule has 3 atom stereocenters. The standard InChI is InChI=1S/C28H35N3O3/c1-28(2,3)31(27(33)34)23(17-20-9-5-4-6-10-20)19-26(32)24(29)18-21-12-14-22(15-13-21)25-11-7-8-16-30-25/h4-16,23-24,26,32H,17-19,29H2,1-3H3,(H,33,34)/t23-,24-,26-/m0/s1. The third kappa shape index (κ3) is 6.89. The summed E-state index contributed by atoms with van der Waals surface area (Å²) in [5, 5.41) is 21.0. The van der Waals surface area contributed by atoms with E-state index in [1.54, 1.807) is 6.20 Å². The normalized spacial score (nSPS) is 14.3. The third-order valence-electron chi connectivity index (χ3n) is 6.00. The lowest BCUT2D eigenvalue weighted by Gasteiger charge is -2.41. The summed E-state index contributed by atoms with van der Waals surface area (Å²) < 4.78 is 0. The van der Waals surface area contributed by atoms with Gasteiger partial charge < -0.3 is 20.8 Å². The average molecular weight is 462 g/mol. The fraction of sp³-hybridized carbons (Fsp3) is 0.357. The Morgan fingerprint density at radius 3 is 2.12 bits per heavy atom. The number of carboxylic acid groups (broad SMARTS) is 1. The van der Waals surface area contributed by atoms with Gasteiger partial charge in [0.05, 0.1) is 11.8 Å². The zero-order valence-corrected chi connectivity index (χ0v) is 20.1. The zero-order valence-electron chi connectivity index (χ0n) is 20.1. The Hall–Kier alpha value is -3.22. The summed E-state index contributed by atoms with van der Waals surface area (Å²) in [5.74, 6) is 0. The maximum Gasteiger partial charge on any atom is 0.407 e. The molecule has 2 aromatic carbocycles. The molecule has 3 rings (SSSR count). The van der Waals surface area contributed by atoms with Gasteiger partial charge in [-0.15, -0.1) is 0 Å². The van der Waals surface area contributed by atoms with E-state index in [1.807, 2.05) is 93.6 Å². The maximum atomic E-state index is 12.2. The number of carbonyl (C=O) groups is 1. The minimum absolute atomic E-state index is 0.256. The van der Waals surface area contributed by atoms with Crippen LogP contribution in [0.5, 0.6) is 0 Å². The van der Waals surface area contributed by atoms with Crippen molar-refractivity contribution in [1.82, 2.24) is 9.88 Å². The van der Waals surface area contributed by atoms with Crippen LogP contribution in [0.3, 0.4) is 0 Å². The van der Waals surface area contributed by atoms with Gasteiger partial charge in [-0.25, -0.2) is 4.79 Å². The average Bonchev–Trinajstić information content (AvgIpc) is 2.79. The van der Waals surface area contributed by atoms with Crippen molar-refractivity contribution < 1.29 is 15.0 Å². The van der Waals surface area contributed by atoms with E-state index < -0.39 is 29.8 Å². The highest BCUT2D eigenvalue weighted by atomic mass is 16.4. The Morgan fingerprint density at radius 2 is 1.56 bits per heavy atom. The molecule has 0 saturated heterocycles. The van der Waals surface area contributed by atoms with Gasteiger partial charge in [-0.05, 0) is 63.3 Å². The number of nitrogens with zero attached hydrogens (tertiary/aromatic N) is 2. The summed E-state index contributed by atoms with van der Waals surface area (Å²) in [4.78, 5) is 18.0. The minimum atomic E-state index is -1.00. The molecule has 0 aliphatic heterocycles. The molecule has 34 heavy (non-hydrogen) atoms. The van der Waals surface area contributed by atoms with Crippen molar-refractivity contribution >= 4 is 6.09 Å². The molecule has 0 aliphatic carbocycles. The highest BCUT2D eigenvalue weighted by molar-refractivity contribution is 5.66. The molecule has 0 bridgehead atoms. The number of aromatic nitrogens is 1. The van der Waals surface area contributed by atoms with Crippen molar-refractivity contribution in [3.05, 3.63) is 90.1 Å². The van der Waals surface area contributed by atoms with E-state index in [0.717, 1.165) is 22.4 Å². The number of hydrogen-bond donors (Lipinski definition) is 3. The van der Waals surface area contributed by atoms with Gasteiger partial charge >= 0.3 is 6.09 Å². The molecule has 0 spiro atoms. The van der Waals surface area contributed by atoms with Crippen molar-refractivity contribution in [2.24, 2.45) is 5.73 Å². The minimum Gasteiger partial charge on any atom is -0.465 e. The SMILES string of the molecule is CC(C)(C)N(C(=O)O)[C@@H](Cc1ccccc1)C[C@H](O)[C@@H](N)Cc1ccc(-c2ccccn2)cc1. The van der Waals surface area contributed by atoms with E-state index in [2.05, 4.69) is 4.98 Å². The molecular weight excluding hydrogens is 426 g/mol. The van der Waals surface area contributed by atoms with Crippen LogP contribution in [0.4, 0.5) is 4.79 Å². The molecule has 180 valence electrons. The first-order chi connectivity index (χ1) is 16.1. The van der Waals surface area contributed by atoms with E-state index in [9.17, 15) is 15.0 Å². The number of pyridine rings is 1. The van der Waals surface area contributed by atoms with Crippen molar-refractivity contribution in [3.63, 3.8) is 0 Å². The summed E-state index contributed by atoms with van der Waals surface area (Å²) in [5.41, 5.74) is 9.73. The second kappa shape index (κ2) is 11.3. The Kier molecular flexibility index (Phi) is 8.42. The Labute approximate surface area is 202 Å². The van der Waals surface area contributed by atoms with Gasteiger partial charge in [0.25, 0.3) is 0 Å². The lowest BCUT2D eigenvalue weighted by molar-refractivity contribution is 0.0389. The van der Waals surface area contributed by atoms with Gasteiger partial charge in [-0.1, -0.05) is 60.7 Å². The Bertz CT molecular complexity index is 1030. The van der Waals surface area contributed by atoms with Crippen LogP contribution in [0.1, 0.15) is 38.3 Å². The molecule has 6 heteroatoms. The van der Waals surface area contributed by atoms with E-state index in [4.69, 9.17) is 5.73 Å². The number of nitrogens with two attached hydrogens (primary N) is 1. The topological polar surface area (TPSA) is 99.7 Å². The number of benzene rings is 2. The number of aliphatic hydroxyl groups excluding tert-OH is 1. The van der Waals surface area contributed by atoms with Gasteiger partial charge in [-0.2, -0.15) is 0 Å². The molecule has 1 aromatic heterocycles. The Balaban J connectivity index is 1.72. The molecule has 0 saturated carbocycles. The highest BCUT2D eigenvalue weighted by Gasteiger charge is 2.35. The molecule has 0 radical (unpaired) electrons. The van der Waals surface area contributed by atoms with Gasteiger partial charge in [0.2, 0.25) is 0 Å². The highest BCUT2D eigenvalue weighted by Crippen LogP contribution is 2.25. The van der Waals surface area contributed by atoms with Crippen LogP contribution in [0, 0.1) is 0 Å². The first kappa shape index (κ1) is 25.4. The van der Waals surface area contributed by atoms with Gasteiger partial charge in [0.1, 0.15) is 0 Å². The van der Waals surface area contributed by atoms with Gasteiger partial charge in [0, 0.05) is 29.4 Å². The van der Waals surface area contributed by atoms with Crippen molar-refractivity contribution in [3.8, 4) is 11.3 Å². The number of aliphatic hydroxyl groups is 1. The quantitative estimate of drug-likeness (QED) is 0.427. The molecule has 0 aliphatic rings. The van der Waals surface area contributed by atoms with Crippen LogP contribution < -0.4 is 5.73 Å². The summed E-state index contributed by atoms with van der Waals surface area (Å²) >= 11 is 0. The van der Waals surface area contributed by atoms with Crippen LogP contribution in [0.25, 0.3) is 11.3 Å². The van der Waals surface area contributed by atoms with Crippen molar-refractivity contribution in [1.29, 1.82) is 0 Å². The molecule has 4 N–H and O–H groups in total. The largest absolute Gasteiger partial charge is 0.465 e. The van der Waals surface area contributed by atoms with Crippen LogP contribution in [0.15, 0.2) is 79.0 Å². The lowest BCUT2D eigenvalue weighted by atomic mass is 9.91. The molecule has 6 nitrogen and oxygen atoms in total. The predicted molar refractivity (Wildman–Crippen MR) is 136 cm³/mol. The lowest BCUT2D eigenvalue weighted by Crippen LogP contribution is -2.54. The summed E-state index contributed by atoms with van der Waals surface area (Å²) in [6.45, 7) is 5.61. The van der Waals surface area contributed by atoms with Crippen LogP contribution >= 0.6 is 0 Å². The second-order valence-electron chi connectivity index (χ2n) is 9.75. The first-order valence-corrected chi connectivity index (χ1v) is 11.7. The van der Waals surface area contributed by atoms with E-state index in [1.165, 1.54) is 4.90 Å². The summed E-state index contributed by atoms with van der Waals surface area (Å²) in [6.07, 6.45) is 1.16. The van der Waals surface area contributed by atoms with Crippen LogP contribution in [0.2, 0.25) is 0 Å². The maximum absolute atomic E-state index is 12.2. The summed E-state index contributed by atoms with van der Waals surface area (Å²) in [6, 6.07) is 22.6. The molecule has 0 unspecified atom stereocenters. The fourth-order valence-electron chi connectivity index (χ4n) is 4.36. The van der Waals surface area contributed by atoms with Gasteiger partial charge in [-0.3, -0.25) is 4.98 Å². The van der Waals surface area contributed by atoms with E-state index in [-0.39, 0.29) is 6.42 Å². The fourth-order valence-corrected chi connectivity index (χ4v) is 4.36. The van der Waals surface area contributed by atoms with Crippen LogP contribution in [-0.2, 0) is 12.8 Å². The van der Waals surface area contributed by atoms with E-state index in [0.29, 0.717) is 12.8 Å². The molecular formula is C28H35N3O3. The van der Waals surface area contributed by atoms with Crippen LogP contribution in [-0.4, -0.2) is 49.9 Å². The third-order valence-corrected chi connectivity index (χ3v) is 6.00. The molecule has 1 amide bonds. The zero-order chi connectivity index (χ0) is 24.7. The second-order valence-corrected chi connectivity index (χ2v) is 9.75. The molecule has 1 heterocycles. The number of hydrogen-bond acceptors (Lipinski definition) is 4. The molecule has 3 aromatic rings. The number of rotatable bonds is 9. The van der Waals surface area contributed by atoms with E-state index >= 15 is 0 Å². The number of amides is 1. The Morgan fingerprint density at radius 1 is 0.941 bits per heavy atom. The van der Waals surface area contributed by atoms with Crippen molar-refractivity contribution in [2.75, 3.05) is 0 Å². The van der Waals surface area contributed by atoms with Gasteiger partial charge in [0.15, 0.2) is 0 Å². The van der Waals surface area contributed by atoms with Crippen molar-refractivity contribution in [2.45, 2.75) is 63.8 Å². The first-order valence-electron chi connectivity index (χ1n) is 11.7. The predicted octanol–water partition coefficient (Wildman–Crippen LogP) is 4.76. The summed E-state index contributed by atoms with van der Waals surface area (Å²) in [7, 11) is 0. The molecule has 0 fully saturated rings.